The van der Waals surface area contributed by atoms with Gasteiger partial charge < -0.3 is 14.6 Å². The molecule has 0 unspecified atom stereocenters. The molecule has 0 radical (unpaired) electrons. The molecule has 2 atom stereocenters. The number of rotatable bonds is 7. The van der Waals surface area contributed by atoms with E-state index in [1.54, 1.807) is 45.1 Å². The van der Waals surface area contributed by atoms with Gasteiger partial charge in [0.15, 0.2) is 0 Å². The van der Waals surface area contributed by atoms with Crippen LogP contribution in [0.5, 0.6) is 0 Å². The SMILES string of the molecule is CC(C)(C)OC(=O)N1C(=O)[C@H](C/C=C/c2ccc(C(=O)O)cc2)C[C@H]1C(=O)OCc1ccccc1. The lowest BCUT2D eigenvalue weighted by Crippen LogP contribution is -2.46. The Balaban J connectivity index is 1.71. The van der Waals surface area contributed by atoms with Crippen LogP contribution in [0.1, 0.15) is 55.1 Å². The lowest BCUT2D eigenvalue weighted by atomic mass is 10.0. The molecule has 0 saturated carbocycles. The molecule has 2 amide bonds. The van der Waals surface area contributed by atoms with Gasteiger partial charge in [-0.05, 0) is 56.9 Å². The van der Waals surface area contributed by atoms with E-state index >= 15 is 0 Å². The van der Waals surface area contributed by atoms with Gasteiger partial charge in [0.25, 0.3) is 0 Å². The second-order valence-corrected chi connectivity index (χ2v) is 9.30. The molecule has 1 saturated heterocycles. The van der Waals surface area contributed by atoms with Crippen molar-refractivity contribution < 1.29 is 33.8 Å². The molecule has 35 heavy (non-hydrogen) atoms. The van der Waals surface area contributed by atoms with Crippen LogP contribution in [-0.4, -0.2) is 45.6 Å². The number of benzene rings is 2. The monoisotopic (exact) mass is 479 g/mol. The third kappa shape index (κ3) is 7.02. The van der Waals surface area contributed by atoms with E-state index in [0.717, 1.165) is 16.0 Å². The zero-order valence-electron chi connectivity index (χ0n) is 20.0. The minimum absolute atomic E-state index is 0.0312. The molecule has 3 rings (SSSR count). The second kappa shape index (κ2) is 11.0. The maximum absolute atomic E-state index is 13.1. The summed E-state index contributed by atoms with van der Waals surface area (Å²) in [5.74, 6) is -2.77. The van der Waals surface area contributed by atoms with Gasteiger partial charge in [-0.15, -0.1) is 0 Å². The number of amides is 2. The molecule has 8 nitrogen and oxygen atoms in total. The smallest absolute Gasteiger partial charge is 0.417 e. The number of nitrogens with zero attached hydrogens (tertiary/aromatic N) is 1. The van der Waals surface area contributed by atoms with Crippen LogP contribution in [0.15, 0.2) is 60.7 Å². The van der Waals surface area contributed by atoms with Gasteiger partial charge in [-0.3, -0.25) is 4.79 Å². The molecule has 0 aliphatic carbocycles. The highest BCUT2D eigenvalue weighted by atomic mass is 16.6. The first-order valence-electron chi connectivity index (χ1n) is 11.3. The molecule has 1 fully saturated rings. The van der Waals surface area contributed by atoms with Gasteiger partial charge in [0.05, 0.1) is 5.56 Å². The van der Waals surface area contributed by atoms with Gasteiger partial charge in [0.2, 0.25) is 5.91 Å². The Kier molecular flexibility index (Phi) is 8.06. The maximum Gasteiger partial charge on any atom is 0.417 e. The van der Waals surface area contributed by atoms with Gasteiger partial charge in [-0.1, -0.05) is 54.6 Å². The van der Waals surface area contributed by atoms with Crippen LogP contribution >= 0.6 is 0 Å². The third-order valence-electron chi connectivity index (χ3n) is 5.38. The molecular weight excluding hydrogens is 450 g/mol. The molecule has 184 valence electrons. The first-order chi connectivity index (χ1) is 16.5. The first kappa shape index (κ1) is 25.7. The summed E-state index contributed by atoms with van der Waals surface area (Å²) in [7, 11) is 0. The van der Waals surface area contributed by atoms with Crippen molar-refractivity contribution in [3.05, 3.63) is 77.4 Å². The van der Waals surface area contributed by atoms with Crippen molar-refractivity contribution in [2.45, 2.75) is 51.9 Å². The number of carboxylic acid groups (broad SMARTS) is 1. The average molecular weight is 480 g/mol. The van der Waals surface area contributed by atoms with Crippen molar-refractivity contribution in [1.29, 1.82) is 0 Å². The molecule has 0 aromatic heterocycles. The van der Waals surface area contributed by atoms with E-state index in [-0.39, 0.29) is 18.6 Å². The van der Waals surface area contributed by atoms with Crippen molar-refractivity contribution in [3.63, 3.8) is 0 Å². The minimum Gasteiger partial charge on any atom is -0.478 e. The fourth-order valence-electron chi connectivity index (χ4n) is 3.68. The molecule has 0 bridgehead atoms. The molecule has 1 N–H and O–H groups in total. The topological polar surface area (TPSA) is 110 Å². The van der Waals surface area contributed by atoms with E-state index in [0.29, 0.717) is 6.42 Å². The van der Waals surface area contributed by atoms with Crippen LogP contribution < -0.4 is 0 Å². The largest absolute Gasteiger partial charge is 0.478 e. The van der Waals surface area contributed by atoms with Crippen molar-refractivity contribution in [1.82, 2.24) is 4.90 Å². The number of aromatic carboxylic acids is 1. The van der Waals surface area contributed by atoms with Crippen molar-refractivity contribution in [3.8, 4) is 0 Å². The number of carboxylic acids is 1. The van der Waals surface area contributed by atoms with Gasteiger partial charge in [0.1, 0.15) is 18.2 Å². The maximum atomic E-state index is 13.1. The number of hydrogen-bond donors (Lipinski definition) is 1. The zero-order chi connectivity index (χ0) is 25.6. The van der Waals surface area contributed by atoms with Crippen LogP contribution in [0.2, 0.25) is 0 Å². The molecule has 2 aromatic rings. The molecule has 1 aliphatic rings. The molecule has 2 aromatic carbocycles. The summed E-state index contributed by atoms with van der Waals surface area (Å²) in [5, 5.41) is 9.00. The molecule has 1 aliphatic heterocycles. The van der Waals surface area contributed by atoms with Crippen molar-refractivity contribution in [2.24, 2.45) is 5.92 Å². The summed E-state index contributed by atoms with van der Waals surface area (Å²) in [4.78, 5) is 50.6. The number of likely N-dealkylation sites (tertiary alicyclic amines) is 1. The van der Waals surface area contributed by atoms with Crippen LogP contribution in [0.4, 0.5) is 4.79 Å². The van der Waals surface area contributed by atoms with Crippen LogP contribution in [0.3, 0.4) is 0 Å². The normalized spacial score (nSPS) is 18.0. The summed E-state index contributed by atoms with van der Waals surface area (Å²) in [6.45, 7) is 5.08. The number of imide groups is 1. The van der Waals surface area contributed by atoms with Gasteiger partial charge >= 0.3 is 18.0 Å². The highest BCUT2D eigenvalue weighted by molar-refractivity contribution is 6.00. The van der Waals surface area contributed by atoms with E-state index < -0.39 is 41.5 Å². The van der Waals surface area contributed by atoms with Gasteiger partial charge in [0, 0.05) is 5.92 Å². The van der Waals surface area contributed by atoms with E-state index in [1.165, 1.54) is 12.1 Å². The lowest BCUT2D eigenvalue weighted by Gasteiger charge is -2.26. The number of carbonyl (C=O) groups is 4. The Labute approximate surface area is 204 Å². The van der Waals surface area contributed by atoms with Crippen LogP contribution in [0, 0.1) is 5.92 Å². The first-order valence-corrected chi connectivity index (χ1v) is 11.3. The molecular formula is C27H29NO7. The number of hydrogen-bond acceptors (Lipinski definition) is 6. The van der Waals surface area contributed by atoms with Crippen LogP contribution in [-0.2, 0) is 25.7 Å². The summed E-state index contributed by atoms with van der Waals surface area (Å²) in [6, 6.07) is 14.4. The fraction of sp³-hybridized carbons (Fsp3) is 0.333. The molecule has 0 spiro atoms. The molecule has 1 heterocycles. The van der Waals surface area contributed by atoms with E-state index in [4.69, 9.17) is 14.6 Å². The average Bonchev–Trinajstić information content (AvgIpc) is 3.14. The van der Waals surface area contributed by atoms with Crippen molar-refractivity contribution >= 4 is 30.0 Å². The summed E-state index contributed by atoms with van der Waals surface area (Å²) < 4.78 is 10.8. The van der Waals surface area contributed by atoms with Gasteiger partial charge in [-0.2, -0.15) is 0 Å². The van der Waals surface area contributed by atoms with Gasteiger partial charge in [-0.25, -0.2) is 19.3 Å². The Morgan fingerprint density at radius 3 is 2.31 bits per heavy atom. The fourth-order valence-corrected chi connectivity index (χ4v) is 3.68. The Morgan fingerprint density at radius 1 is 1.06 bits per heavy atom. The Morgan fingerprint density at radius 2 is 1.71 bits per heavy atom. The van der Waals surface area contributed by atoms with E-state index in [9.17, 15) is 19.2 Å². The Hall–Kier alpha value is -3.94. The number of carbonyl (C=O) groups excluding carboxylic acids is 3. The minimum atomic E-state index is -1.07. The highest BCUT2D eigenvalue weighted by Crippen LogP contribution is 2.30. The van der Waals surface area contributed by atoms with E-state index in [2.05, 4.69) is 0 Å². The quantitative estimate of drug-likeness (QED) is 0.574. The number of ether oxygens (including phenoxy) is 2. The number of esters is 1. The number of allylic oxidation sites excluding steroid dienone is 1. The summed E-state index contributed by atoms with van der Waals surface area (Å²) in [5.41, 5.74) is 0.902. The standard InChI is InChI=1S/C27H29NO7/c1-27(2,3)35-26(33)28-22(25(32)34-17-19-8-5-4-6-9-19)16-21(23(28)29)11-7-10-18-12-14-20(15-13-18)24(30)31/h4-10,12-15,21-22H,11,16-17H2,1-3H3,(H,30,31)/b10-7+/t21-,22+/m1/s1. The third-order valence-corrected chi connectivity index (χ3v) is 5.38. The summed E-state index contributed by atoms with van der Waals surface area (Å²) in [6.07, 6.45) is 3.07. The highest BCUT2D eigenvalue weighted by Gasteiger charge is 2.48. The summed E-state index contributed by atoms with van der Waals surface area (Å²) >= 11 is 0. The lowest BCUT2D eigenvalue weighted by molar-refractivity contribution is -0.152. The predicted octanol–water partition coefficient (Wildman–Crippen LogP) is 4.68. The predicted molar refractivity (Wildman–Crippen MR) is 128 cm³/mol. The second-order valence-electron chi connectivity index (χ2n) is 9.30. The Bertz CT molecular complexity index is 1100. The van der Waals surface area contributed by atoms with Crippen LogP contribution in [0.25, 0.3) is 6.08 Å². The molecule has 8 heteroatoms. The zero-order valence-corrected chi connectivity index (χ0v) is 20.0. The van der Waals surface area contributed by atoms with E-state index in [1.807, 2.05) is 30.3 Å². The van der Waals surface area contributed by atoms with Crippen molar-refractivity contribution in [2.75, 3.05) is 0 Å².